The van der Waals surface area contributed by atoms with Gasteiger partial charge in [-0.1, -0.05) is 19.3 Å². The summed E-state index contributed by atoms with van der Waals surface area (Å²) >= 11 is 0. The van der Waals surface area contributed by atoms with E-state index in [9.17, 15) is 4.79 Å². The number of hydrogen-bond donors (Lipinski definition) is 3. The number of rotatable bonds is 1. The Morgan fingerprint density at radius 2 is 1.92 bits per heavy atom. The molecular formula is C9H21N3O. The molecule has 78 valence electrons. The molecule has 0 unspecified atom stereocenters. The van der Waals surface area contributed by atoms with Crippen LogP contribution in [-0.4, -0.2) is 18.6 Å². The maximum atomic E-state index is 9.71. The number of amides is 2. The summed E-state index contributed by atoms with van der Waals surface area (Å²) in [5.41, 5.74) is 10.3. The van der Waals surface area contributed by atoms with Crippen LogP contribution in [0.5, 0.6) is 0 Å². The van der Waals surface area contributed by atoms with Gasteiger partial charge in [0.15, 0.2) is 0 Å². The molecule has 1 rings (SSSR count). The van der Waals surface area contributed by atoms with Gasteiger partial charge < -0.3 is 16.8 Å². The van der Waals surface area contributed by atoms with Crippen LogP contribution in [0.2, 0.25) is 0 Å². The van der Waals surface area contributed by atoms with Crippen molar-refractivity contribution in [2.24, 2.45) is 11.5 Å². The van der Waals surface area contributed by atoms with Gasteiger partial charge in [0.05, 0.1) is 0 Å². The molecule has 13 heavy (non-hydrogen) atoms. The second-order valence-electron chi connectivity index (χ2n) is 3.29. The fourth-order valence-corrected chi connectivity index (χ4v) is 1.31. The maximum Gasteiger partial charge on any atom is 0.312 e. The predicted molar refractivity (Wildman–Crippen MR) is 54.3 cm³/mol. The second-order valence-corrected chi connectivity index (χ2v) is 3.29. The predicted octanol–water partition coefficient (Wildman–Crippen LogP) is 0.952. The highest BCUT2D eigenvalue weighted by Crippen LogP contribution is 2.14. The highest BCUT2D eigenvalue weighted by Gasteiger charge is 2.06. The van der Waals surface area contributed by atoms with Gasteiger partial charge in [0, 0.05) is 12.6 Å². The van der Waals surface area contributed by atoms with Crippen molar-refractivity contribution in [3.05, 3.63) is 0 Å². The zero-order chi connectivity index (χ0) is 10.1. The Hall–Kier alpha value is -0.770. The monoisotopic (exact) mass is 187 g/mol. The summed E-state index contributed by atoms with van der Waals surface area (Å²) in [6.45, 7) is 2.42. The Labute approximate surface area is 80.0 Å². The molecule has 0 aromatic rings. The Morgan fingerprint density at radius 1 is 1.38 bits per heavy atom. The molecule has 0 aromatic carbocycles. The lowest BCUT2D eigenvalue weighted by atomic mass is 9.97. The molecular weight excluding hydrogens is 166 g/mol. The third-order valence-electron chi connectivity index (χ3n) is 2.00. The van der Waals surface area contributed by atoms with E-state index in [1.54, 1.807) is 0 Å². The zero-order valence-corrected chi connectivity index (χ0v) is 8.38. The number of nitrogens with two attached hydrogens (primary N) is 2. The number of hydrogen-bond acceptors (Lipinski definition) is 2. The van der Waals surface area contributed by atoms with Gasteiger partial charge in [-0.2, -0.15) is 0 Å². The molecule has 2 amide bonds. The normalized spacial score (nSPS) is 17.1. The van der Waals surface area contributed by atoms with Gasteiger partial charge in [0.1, 0.15) is 0 Å². The van der Waals surface area contributed by atoms with Crippen LogP contribution in [0, 0.1) is 0 Å². The minimum absolute atomic E-state index is 0.461. The van der Waals surface area contributed by atoms with Crippen LogP contribution in [0.1, 0.15) is 39.0 Å². The minimum atomic E-state index is -0.461. The Balaban J connectivity index is 0.000000226. The van der Waals surface area contributed by atoms with Crippen molar-refractivity contribution in [3.63, 3.8) is 0 Å². The molecule has 5 N–H and O–H groups in total. The van der Waals surface area contributed by atoms with Crippen molar-refractivity contribution in [1.29, 1.82) is 0 Å². The third kappa shape index (κ3) is 9.14. The number of nitrogens with one attached hydrogen (secondary N) is 1. The van der Waals surface area contributed by atoms with Crippen LogP contribution < -0.4 is 16.8 Å². The summed E-state index contributed by atoms with van der Waals surface area (Å²) in [7, 11) is 0. The van der Waals surface area contributed by atoms with Gasteiger partial charge in [-0.15, -0.1) is 0 Å². The molecule has 0 aliphatic heterocycles. The lowest BCUT2D eigenvalue weighted by Crippen LogP contribution is -2.28. The Kier molecular flexibility index (Phi) is 7.39. The molecule has 4 nitrogen and oxygen atoms in total. The molecule has 0 atom stereocenters. The fourth-order valence-electron chi connectivity index (χ4n) is 1.31. The zero-order valence-electron chi connectivity index (χ0n) is 8.38. The van der Waals surface area contributed by atoms with Gasteiger partial charge in [-0.3, -0.25) is 0 Å². The van der Waals surface area contributed by atoms with E-state index in [0.717, 1.165) is 0 Å². The lowest BCUT2D eigenvalue weighted by Gasteiger charge is -2.15. The molecule has 1 aliphatic rings. The molecule has 4 heteroatoms. The summed E-state index contributed by atoms with van der Waals surface area (Å²) in [5.74, 6) is 0. The van der Waals surface area contributed by atoms with Crippen LogP contribution in [-0.2, 0) is 0 Å². The van der Waals surface area contributed by atoms with Gasteiger partial charge in [-0.05, 0) is 19.8 Å². The molecule has 0 radical (unpaired) electrons. The highest BCUT2D eigenvalue weighted by molar-refractivity contribution is 5.71. The molecule has 1 aliphatic carbocycles. The van der Waals surface area contributed by atoms with E-state index in [1.165, 1.54) is 32.1 Å². The summed E-state index contributed by atoms with van der Waals surface area (Å²) in [6.07, 6.45) is 6.66. The van der Waals surface area contributed by atoms with Gasteiger partial charge in [0.25, 0.3) is 0 Å². The number of urea groups is 1. The quantitative estimate of drug-likeness (QED) is 0.571. The lowest BCUT2D eigenvalue weighted by molar-refractivity contribution is 0.249. The molecule has 0 heterocycles. The molecule has 1 saturated carbocycles. The maximum absolute atomic E-state index is 9.71. The summed E-state index contributed by atoms with van der Waals surface area (Å²) in [6, 6.07) is 0.0752. The van der Waals surface area contributed by atoms with Crippen molar-refractivity contribution in [3.8, 4) is 0 Å². The van der Waals surface area contributed by atoms with Gasteiger partial charge in [-0.25, -0.2) is 4.79 Å². The SMILES string of the molecule is CCNC(N)=O.NC1CCCCC1. The highest BCUT2D eigenvalue weighted by atomic mass is 16.2. The second kappa shape index (κ2) is 7.86. The van der Waals surface area contributed by atoms with Gasteiger partial charge >= 0.3 is 6.03 Å². The number of carbonyl (C=O) groups excluding carboxylic acids is 1. The number of carbonyl (C=O) groups is 1. The first-order valence-electron chi connectivity index (χ1n) is 4.95. The van der Waals surface area contributed by atoms with Gasteiger partial charge in [0.2, 0.25) is 0 Å². The smallest absolute Gasteiger partial charge is 0.312 e. The molecule has 1 fully saturated rings. The average Bonchev–Trinajstić information content (AvgIpc) is 2.06. The van der Waals surface area contributed by atoms with Crippen LogP contribution in [0.15, 0.2) is 0 Å². The van der Waals surface area contributed by atoms with E-state index >= 15 is 0 Å². The van der Waals surface area contributed by atoms with E-state index < -0.39 is 6.03 Å². The van der Waals surface area contributed by atoms with E-state index in [-0.39, 0.29) is 0 Å². The van der Waals surface area contributed by atoms with E-state index in [2.05, 4.69) is 11.1 Å². The topological polar surface area (TPSA) is 81.1 Å². The minimum Gasteiger partial charge on any atom is -0.352 e. The first-order valence-corrected chi connectivity index (χ1v) is 4.95. The summed E-state index contributed by atoms with van der Waals surface area (Å²) in [4.78, 5) is 9.71. The molecule has 0 bridgehead atoms. The van der Waals surface area contributed by atoms with Crippen LogP contribution >= 0.6 is 0 Å². The molecule has 0 aromatic heterocycles. The number of primary amides is 1. The molecule has 0 saturated heterocycles. The van der Waals surface area contributed by atoms with Crippen molar-refractivity contribution in [2.45, 2.75) is 45.1 Å². The van der Waals surface area contributed by atoms with E-state index in [1.807, 2.05) is 6.92 Å². The average molecular weight is 187 g/mol. The molecule has 0 spiro atoms. The first-order chi connectivity index (χ1) is 6.16. The van der Waals surface area contributed by atoms with Crippen LogP contribution in [0.25, 0.3) is 0 Å². The van der Waals surface area contributed by atoms with Crippen LogP contribution in [0.3, 0.4) is 0 Å². The largest absolute Gasteiger partial charge is 0.352 e. The van der Waals surface area contributed by atoms with E-state index in [0.29, 0.717) is 12.6 Å². The van der Waals surface area contributed by atoms with Crippen molar-refractivity contribution < 1.29 is 4.79 Å². The van der Waals surface area contributed by atoms with E-state index in [4.69, 9.17) is 5.73 Å². The third-order valence-corrected chi connectivity index (χ3v) is 2.00. The standard InChI is InChI=1S/C6H13N.C3H8N2O/c7-6-4-2-1-3-5-6;1-2-5-3(4)6/h6H,1-5,7H2;2H2,1H3,(H3,4,5,6). The summed E-state index contributed by atoms with van der Waals surface area (Å²) in [5, 5.41) is 2.35. The van der Waals surface area contributed by atoms with Crippen molar-refractivity contribution >= 4 is 6.03 Å². The fraction of sp³-hybridized carbons (Fsp3) is 0.889. The van der Waals surface area contributed by atoms with Crippen molar-refractivity contribution in [1.82, 2.24) is 5.32 Å². The van der Waals surface area contributed by atoms with Crippen molar-refractivity contribution in [2.75, 3.05) is 6.54 Å². The van der Waals surface area contributed by atoms with Crippen LogP contribution in [0.4, 0.5) is 4.79 Å². The summed E-state index contributed by atoms with van der Waals surface area (Å²) < 4.78 is 0. The Bertz CT molecular complexity index is 133. The first kappa shape index (κ1) is 12.2. The Morgan fingerprint density at radius 3 is 2.08 bits per heavy atom.